The van der Waals surface area contributed by atoms with Crippen molar-refractivity contribution >= 4 is 49.8 Å². The fourth-order valence-electron chi connectivity index (χ4n) is 8.92. The molecule has 9 aromatic rings. The summed E-state index contributed by atoms with van der Waals surface area (Å²) in [7, 11) is 0. The monoisotopic (exact) mass is 653 g/mol. The van der Waals surface area contributed by atoms with Crippen molar-refractivity contribution in [3.05, 3.63) is 198 Å². The van der Waals surface area contributed by atoms with Crippen molar-refractivity contribution in [2.45, 2.75) is 12.3 Å². The molecular formula is C48H31NO2. The molecule has 0 bridgehead atoms. The van der Waals surface area contributed by atoms with Crippen LogP contribution in [0.2, 0.25) is 0 Å². The first-order chi connectivity index (χ1) is 25.2. The van der Waals surface area contributed by atoms with E-state index in [1.54, 1.807) is 0 Å². The van der Waals surface area contributed by atoms with Gasteiger partial charge in [0.05, 0.1) is 11.1 Å². The highest BCUT2D eigenvalue weighted by atomic mass is 16.5. The number of aryl methyl sites for hydroxylation is 1. The van der Waals surface area contributed by atoms with E-state index in [1.807, 2.05) is 12.1 Å². The molecule has 0 N–H and O–H groups in total. The van der Waals surface area contributed by atoms with Gasteiger partial charge in [0.15, 0.2) is 0 Å². The highest BCUT2D eigenvalue weighted by Crippen LogP contribution is 2.64. The van der Waals surface area contributed by atoms with Crippen LogP contribution >= 0.6 is 0 Å². The number of rotatable bonds is 3. The number of hydrogen-bond acceptors (Lipinski definition) is 3. The van der Waals surface area contributed by atoms with Crippen LogP contribution in [0.25, 0.3) is 43.8 Å². The number of nitrogens with zero attached hydrogens (tertiary/aromatic N) is 1. The third-order valence-electron chi connectivity index (χ3n) is 11.0. The molecule has 1 aliphatic heterocycles. The second-order valence-corrected chi connectivity index (χ2v) is 13.7. The van der Waals surface area contributed by atoms with Gasteiger partial charge in [0.25, 0.3) is 0 Å². The third-order valence-corrected chi connectivity index (χ3v) is 11.0. The van der Waals surface area contributed by atoms with Crippen LogP contribution in [0.5, 0.6) is 11.5 Å². The fourth-order valence-corrected chi connectivity index (χ4v) is 8.92. The Kier molecular flexibility index (Phi) is 5.80. The third kappa shape index (κ3) is 3.78. The quantitative estimate of drug-likeness (QED) is 0.190. The van der Waals surface area contributed by atoms with Crippen LogP contribution in [0.1, 0.15) is 27.8 Å². The zero-order valence-corrected chi connectivity index (χ0v) is 27.9. The highest BCUT2D eigenvalue weighted by Gasteiger charge is 2.52. The van der Waals surface area contributed by atoms with Crippen LogP contribution in [0, 0.1) is 6.92 Å². The first-order valence-electron chi connectivity index (χ1n) is 17.5. The van der Waals surface area contributed by atoms with Crippen LogP contribution in [0.4, 0.5) is 17.1 Å². The number of fused-ring (bicyclic) bond motifs is 14. The summed E-state index contributed by atoms with van der Waals surface area (Å²) in [4.78, 5) is 2.44. The Balaban J connectivity index is 1.25. The van der Waals surface area contributed by atoms with E-state index in [4.69, 9.17) is 9.15 Å². The molecule has 1 atom stereocenters. The summed E-state index contributed by atoms with van der Waals surface area (Å²) in [5, 5.41) is 4.50. The predicted octanol–water partition coefficient (Wildman–Crippen LogP) is 13.0. The summed E-state index contributed by atoms with van der Waals surface area (Å²) in [6, 6.07) is 61.1. The van der Waals surface area contributed by atoms with Gasteiger partial charge in [-0.2, -0.15) is 0 Å². The maximum Gasteiger partial charge on any atom is 0.140 e. The van der Waals surface area contributed by atoms with Gasteiger partial charge in [-0.05, 0) is 77.0 Å². The molecule has 0 saturated carbocycles. The Hall–Kier alpha value is -6.58. The molecule has 0 saturated heterocycles. The van der Waals surface area contributed by atoms with Gasteiger partial charge in [0.1, 0.15) is 22.7 Å². The Morgan fingerprint density at radius 1 is 0.490 bits per heavy atom. The van der Waals surface area contributed by atoms with Gasteiger partial charge >= 0.3 is 0 Å². The molecule has 1 unspecified atom stereocenters. The normalized spacial score (nSPS) is 15.4. The lowest BCUT2D eigenvalue weighted by Crippen LogP contribution is -2.32. The summed E-state index contributed by atoms with van der Waals surface area (Å²) in [5.41, 5.74) is 13.0. The van der Waals surface area contributed by atoms with Crippen LogP contribution < -0.4 is 9.64 Å². The summed E-state index contributed by atoms with van der Waals surface area (Å²) in [6.07, 6.45) is 0. The molecule has 3 nitrogen and oxygen atoms in total. The summed E-state index contributed by atoms with van der Waals surface area (Å²) in [5.74, 6) is 1.82. The van der Waals surface area contributed by atoms with E-state index < -0.39 is 5.41 Å². The average molecular weight is 654 g/mol. The van der Waals surface area contributed by atoms with Crippen molar-refractivity contribution in [1.82, 2.24) is 0 Å². The van der Waals surface area contributed by atoms with Gasteiger partial charge in [-0.25, -0.2) is 0 Å². The smallest absolute Gasteiger partial charge is 0.140 e. The molecule has 0 amide bonds. The van der Waals surface area contributed by atoms with Gasteiger partial charge in [-0.3, -0.25) is 0 Å². The second kappa shape index (κ2) is 10.5. The summed E-state index contributed by atoms with van der Waals surface area (Å²) in [6.45, 7) is 2.20. The van der Waals surface area contributed by atoms with E-state index in [2.05, 4.69) is 170 Å². The minimum atomic E-state index is -0.585. The minimum absolute atomic E-state index is 0.585. The van der Waals surface area contributed by atoms with E-state index in [1.165, 1.54) is 33.2 Å². The number of anilines is 3. The number of para-hydroxylation sites is 3. The molecule has 51 heavy (non-hydrogen) atoms. The predicted molar refractivity (Wildman–Crippen MR) is 208 cm³/mol. The lowest BCUT2D eigenvalue weighted by Gasteiger charge is -2.40. The molecule has 2 heterocycles. The topological polar surface area (TPSA) is 25.6 Å². The fraction of sp³-hybridized carbons (Fsp3) is 0.0417. The van der Waals surface area contributed by atoms with Crippen LogP contribution in [0.3, 0.4) is 0 Å². The molecule has 1 spiro atoms. The maximum absolute atomic E-state index is 6.89. The molecule has 1 aliphatic carbocycles. The van der Waals surface area contributed by atoms with E-state index in [0.717, 1.165) is 67.0 Å². The SMILES string of the molecule is Cc1ccccc1N(c1ccc2oc3ccccc3c2c1)c1cccc2c1-c1ccccc1C21c2ccccc2Oc2c1ccc1ccccc21. The molecule has 1 aromatic heterocycles. The van der Waals surface area contributed by atoms with E-state index in [0.29, 0.717) is 0 Å². The Morgan fingerprint density at radius 3 is 2.12 bits per heavy atom. The molecule has 8 aromatic carbocycles. The molecule has 11 rings (SSSR count). The van der Waals surface area contributed by atoms with Gasteiger partial charge in [-0.1, -0.05) is 127 Å². The Labute approximate surface area is 295 Å². The molecule has 0 radical (unpaired) electrons. The first kappa shape index (κ1) is 28.3. The Bertz CT molecular complexity index is 2880. The van der Waals surface area contributed by atoms with Crippen molar-refractivity contribution in [2.75, 3.05) is 4.90 Å². The highest BCUT2D eigenvalue weighted by molar-refractivity contribution is 6.07. The number of furan rings is 1. The van der Waals surface area contributed by atoms with Crippen molar-refractivity contribution in [3.63, 3.8) is 0 Å². The van der Waals surface area contributed by atoms with Gasteiger partial charge in [-0.15, -0.1) is 0 Å². The van der Waals surface area contributed by atoms with Crippen molar-refractivity contribution in [2.24, 2.45) is 0 Å². The first-order valence-corrected chi connectivity index (χ1v) is 17.5. The van der Waals surface area contributed by atoms with E-state index >= 15 is 0 Å². The van der Waals surface area contributed by atoms with E-state index in [9.17, 15) is 0 Å². The minimum Gasteiger partial charge on any atom is -0.456 e. The summed E-state index contributed by atoms with van der Waals surface area (Å²) >= 11 is 0. The zero-order chi connectivity index (χ0) is 33.7. The van der Waals surface area contributed by atoms with Crippen molar-refractivity contribution < 1.29 is 9.15 Å². The number of ether oxygens (including phenoxy) is 1. The number of benzene rings is 8. The van der Waals surface area contributed by atoms with Crippen LogP contribution in [-0.4, -0.2) is 0 Å². The zero-order valence-electron chi connectivity index (χ0n) is 27.9. The molecular weight excluding hydrogens is 623 g/mol. The Morgan fingerprint density at radius 2 is 1.20 bits per heavy atom. The van der Waals surface area contributed by atoms with Gasteiger partial charge < -0.3 is 14.1 Å². The summed E-state index contributed by atoms with van der Waals surface area (Å²) < 4.78 is 13.2. The lowest BCUT2D eigenvalue weighted by atomic mass is 9.65. The largest absolute Gasteiger partial charge is 0.456 e. The van der Waals surface area contributed by atoms with Gasteiger partial charge in [0, 0.05) is 44.2 Å². The van der Waals surface area contributed by atoms with Crippen molar-refractivity contribution in [3.8, 4) is 22.6 Å². The number of hydrogen-bond donors (Lipinski definition) is 0. The second-order valence-electron chi connectivity index (χ2n) is 13.7. The standard InChI is InChI=1S/C48H31NO2/c1-30-13-2-9-21-41(30)49(32-26-28-44-36(29-32)34-16-6-10-23-43(34)50-44)42-22-12-20-39-46(42)35-17-5-7-18-37(35)48(39)38-19-8-11-24-45(38)51-47-33-15-4-3-14-31(33)25-27-40(47)48/h2-29H,1H3. The molecule has 240 valence electrons. The van der Waals surface area contributed by atoms with Gasteiger partial charge in [0.2, 0.25) is 0 Å². The van der Waals surface area contributed by atoms with E-state index in [-0.39, 0.29) is 0 Å². The van der Waals surface area contributed by atoms with Crippen LogP contribution in [0.15, 0.2) is 174 Å². The van der Waals surface area contributed by atoms with Crippen LogP contribution in [-0.2, 0) is 5.41 Å². The molecule has 0 fully saturated rings. The maximum atomic E-state index is 6.89. The molecule has 3 heteroatoms. The van der Waals surface area contributed by atoms with Crippen molar-refractivity contribution in [1.29, 1.82) is 0 Å². The average Bonchev–Trinajstić information content (AvgIpc) is 3.70. The molecule has 2 aliphatic rings. The lowest BCUT2D eigenvalue weighted by molar-refractivity contribution is 0.441.